The van der Waals surface area contributed by atoms with Crippen molar-refractivity contribution in [1.82, 2.24) is 10.6 Å². The van der Waals surface area contributed by atoms with E-state index in [1.54, 1.807) is 0 Å². The molecular formula is C28H58N2O6S. The Hall–Kier alpha value is -0.550. The van der Waals surface area contributed by atoms with Crippen molar-refractivity contribution >= 4 is 17.3 Å². The van der Waals surface area contributed by atoms with E-state index in [0.29, 0.717) is 5.11 Å². The minimum atomic E-state index is -1.31. The molecule has 0 aliphatic heterocycles. The summed E-state index contributed by atoms with van der Waals surface area (Å²) in [6.45, 7) is 20.4. The third kappa shape index (κ3) is 14.4. The summed E-state index contributed by atoms with van der Waals surface area (Å²) in [5, 5.41) is 57.8. The first-order chi connectivity index (χ1) is 16.7. The lowest BCUT2D eigenvalue weighted by Gasteiger charge is -2.40. The maximum Gasteiger partial charge on any atom is 0.167 e. The van der Waals surface area contributed by atoms with Gasteiger partial charge in [0.2, 0.25) is 0 Å². The average Bonchev–Trinajstić information content (AvgIpc) is 2.74. The first-order valence-corrected chi connectivity index (χ1v) is 14.1. The van der Waals surface area contributed by atoms with E-state index in [2.05, 4.69) is 66.0 Å². The lowest BCUT2D eigenvalue weighted by Crippen LogP contribution is -2.56. The second-order valence-corrected chi connectivity index (χ2v) is 14.1. The zero-order chi connectivity index (χ0) is 29.2. The van der Waals surface area contributed by atoms with Gasteiger partial charge in [-0.3, -0.25) is 0 Å². The maximum atomic E-state index is 11.2. The molecule has 0 aromatic carbocycles. The van der Waals surface area contributed by atoms with E-state index < -0.39 is 37.1 Å². The quantitative estimate of drug-likeness (QED) is 0.136. The Bertz CT molecular complexity index is 670. The van der Waals surface area contributed by atoms with E-state index in [4.69, 9.17) is 22.1 Å². The van der Waals surface area contributed by atoms with Gasteiger partial charge in [0, 0.05) is 12.0 Å². The largest absolute Gasteiger partial charge is 0.394 e. The number of rotatable bonds is 17. The molecule has 0 spiro atoms. The molecule has 6 atom stereocenters. The standard InChI is InChI=1S/C28H58N2O6S/c1-11-26(6,7)18-27(8,9)30-24(37)29-19(15-36-16-22(34)21(33)14-31)20(32)13-23(35)28(10,12-2)17-25(3,4)5/h19-23,31-35H,11-18H2,1-10H3,(H2,29,30,37). The van der Waals surface area contributed by atoms with Gasteiger partial charge in [-0.2, -0.15) is 0 Å². The molecule has 0 aliphatic carbocycles. The first-order valence-electron chi connectivity index (χ1n) is 13.7. The number of nitrogens with one attached hydrogen (secondary N) is 2. The van der Waals surface area contributed by atoms with Crippen LogP contribution in [0.1, 0.15) is 101 Å². The van der Waals surface area contributed by atoms with Crippen LogP contribution in [0.4, 0.5) is 0 Å². The van der Waals surface area contributed by atoms with E-state index in [9.17, 15) is 20.4 Å². The molecule has 0 aromatic heterocycles. The van der Waals surface area contributed by atoms with E-state index in [1.165, 1.54) is 0 Å². The molecule has 0 amide bonds. The summed E-state index contributed by atoms with van der Waals surface area (Å²) in [7, 11) is 0. The van der Waals surface area contributed by atoms with Crippen LogP contribution in [-0.2, 0) is 4.74 Å². The van der Waals surface area contributed by atoms with E-state index >= 15 is 0 Å². The Balaban J connectivity index is 5.53. The summed E-state index contributed by atoms with van der Waals surface area (Å²) in [4.78, 5) is 0. The fraction of sp³-hybridized carbons (Fsp3) is 0.964. The number of aliphatic hydroxyl groups excluding tert-OH is 5. The van der Waals surface area contributed by atoms with Gasteiger partial charge in [0.15, 0.2) is 5.11 Å². The summed E-state index contributed by atoms with van der Waals surface area (Å²) >= 11 is 5.59. The second-order valence-electron chi connectivity index (χ2n) is 13.7. The molecule has 0 fully saturated rings. The van der Waals surface area contributed by atoms with Gasteiger partial charge < -0.3 is 40.9 Å². The Morgan fingerprint density at radius 2 is 1.38 bits per heavy atom. The summed E-state index contributed by atoms with van der Waals surface area (Å²) in [6, 6.07) is -0.668. The summed E-state index contributed by atoms with van der Waals surface area (Å²) in [5.74, 6) is 0. The van der Waals surface area contributed by atoms with E-state index in [0.717, 1.165) is 25.7 Å². The lowest BCUT2D eigenvalue weighted by atomic mass is 9.69. The molecule has 0 aromatic rings. The van der Waals surface area contributed by atoms with Crippen LogP contribution in [-0.4, -0.2) is 86.5 Å². The molecule has 0 rings (SSSR count). The molecule has 0 saturated heterocycles. The van der Waals surface area contributed by atoms with Crippen molar-refractivity contribution in [3.05, 3.63) is 0 Å². The molecule has 9 heteroatoms. The highest BCUT2D eigenvalue weighted by molar-refractivity contribution is 7.80. The molecule has 7 N–H and O–H groups in total. The molecule has 0 radical (unpaired) electrons. The topological polar surface area (TPSA) is 134 Å². The number of aliphatic hydroxyl groups is 5. The van der Waals surface area contributed by atoms with Crippen LogP contribution in [0.25, 0.3) is 0 Å². The Morgan fingerprint density at radius 1 is 0.811 bits per heavy atom. The fourth-order valence-corrected chi connectivity index (χ4v) is 5.47. The van der Waals surface area contributed by atoms with Crippen molar-refractivity contribution < 1.29 is 30.3 Å². The molecule has 222 valence electrons. The normalized spacial score (nSPS) is 18.9. The monoisotopic (exact) mass is 550 g/mol. The zero-order valence-corrected chi connectivity index (χ0v) is 25.9. The number of hydrogen-bond acceptors (Lipinski definition) is 7. The molecule has 0 saturated carbocycles. The Kier molecular flexibility index (Phi) is 15.1. The highest BCUT2D eigenvalue weighted by Gasteiger charge is 2.38. The van der Waals surface area contributed by atoms with Crippen molar-refractivity contribution in [2.24, 2.45) is 16.2 Å². The van der Waals surface area contributed by atoms with Crippen LogP contribution in [0.3, 0.4) is 0 Å². The van der Waals surface area contributed by atoms with Gasteiger partial charge in [-0.25, -0.2) is 0 Å². The highest BCUT2D eigenvalue weighted by atomic mass is 32.1. The van der Waals surface area contributed by atoms with Crippen molar-refractivity contribution in [1.29, 1.82) is 0 Å². The van der Waals surface area contributed by atoms with Crippen molar-refractivity contribution in [3.8, 4) is 0 Å². The molecule has 0 heterocycles. The summed E-state index contributed by atoms with van der Waals surface area (Å²) in [6.07, 6.45) is -0.721. The maximum absolute atomic E-state index is 11.2. The van der Waals surface area contributed by atoms with Crippen LogP contribution in [0.2, 0.25) is 0 Å². The molecular weight excluding hydrogens is 492 g/mol. The predicted octanol–water partition coefficient (Wildman–Crippen LogP) is 3.12. The zero-order valence-electron chi connectivity index (χ0n) is 25.1. The molecule has 0 bridgehead atoms. The molecule has 6 unspecified atom stereocenters. The highest BCUT2D eigenvalue weighted by Crippen LogP contribution is 2.40. The van der Waals surface area contributed by atoms with Crippen molar-refractivity contribution in [3.63, 3.8) is 0 Å². The van der Waals surface area contributed by atoms with Crippen molar-refractivity contribution in [2.45, 2.75) is 137 Å². The average molecular weight is 551 g/mol. The number of thiocarbonyl (C=S) groups is 1. The third-order valence-electron chi connectivity index (χ3n) is 7.34. The Labute approximate surface area is 231 Å². The third-order valence-corrected chi connectivity index (χ3v) is 7.56. The molecule has 0 aliphatic rings. The van der Waals surface area contributed by atoms with Gasteiger partial charge >= 0.3 is 0 Å². The minimum Gasteiger partial charge on any atom is -0.394 e. The van der Waals surface area contributed by atoms with Crippen LogP contribution in [0, 0.1) is 16.2 Å². The van der Waals surface area contributed by atoms with Crippen LogP contribution >= 0.6 is 12.2 Å². The predicted molar refractivity (Wildman–Crippen MR) is 154 cm³/mol. The Morgan fingerprint density at radius 3 is 1.84 bits per heavy atom. The molecule has 8 nitrogen and oxygen atoms in total. The fourth-order valence-electron chi connectivity index (χ4n) is 5.04. The number of hydrogen-bond donors (Lipinski definition) is 7. The first kappa shape index (κ1) is 36.5. The van der Waals surface area contributed by atoms with Gasteiger partial charge in [-0.05, 0) is 61.6 Å². The SMILES string of the molecule is CCC(C)(C)CC(C)(C)NC(=S)NC(COCC(O)C(O)CO)C(O)CC(O)C(C)(CC)CC(C)(C)C. The van der Waals surface area contributed by atoms with E-state index in [-0.39, 0.29) is 41.4 Å². The summed E-state index contributed by atoms with van der Waals surface area (Å²) < 4.78 is 5.59. The lowest BCUT2D eigenvalue weighted by molar-refractivity contribution is -0.0697. The van der Waals surface area contributed by atoms with Gasteiger partial charge in [-0.1, -0.05) is 61.8 Å². The van der Waals surface area contributed by atoms with Crippen molar-refractivity contribution in [2.75, 3.05) is 19.8 Å². The van der Waals surface area contributed by atoms with Gasteiger partial charge in [0.25, 0.3) is 0 Å². The van der Waals surface area contributed by atoms with E-state index in [1.807, 2.05) is 13.8 Å². The van der Waals surface area contributed by atoms with Gasteiger partial charge in [0.1, 0.15) is 12.2 Å². The van der Waals surface area contributed by atoms with Crippen LogP contribution < -0.4 is 10.6 Å². The van der Waals surface area contributed by atoms with Crippen LogP contribution in [0.15, 0.2) is 0 Å². The second kappa shape index (κ2) is 15.3. The van der Waals surface area contributed by atoms with Crippen LogP contribution in [0.5, 0.6) is 0 Å². The smallest absolute Gasteiger partial charge is 0.167 e. The van der Waals surface area contributed by atoms with Gasteiger partial charge in [0.05, 0.1) is 38.1 Å². The van der Waals surface area contributed by atoms with Gasteiger partial charge in [-0.15, -0.1) is 0 Å². The minimum absolute atomic E-state index is 0.0183. The molecule has 37 heavy (non-hydrogen) atoms. The summed E-state index contributed by atoms with van der Waals surface area (Å²) in [5.41, 5.74) is -0.531. The number of ether oxygens (including phenoxy) is 1.